The average molecular weight is 258 g/mol. The highest BCUT2D eigenvalue weighted by molar-refractivity contribution is 5.91. The third-order valence-corrected chi connectivity index (χ3v) is 4.14. The van der Waals surface area contributed by atoms with Gasteiger partial charge in [-0.1, -0.05) is 38.1 Å². The molecule has 0 aliphatic carbocycles. The highest BCUT2D eigenvalue weighted by atomic mass is 16.3. The molecule has 2 N–H and O–H groups in total. The third-order valence-electron chi connectivity index (χ3n) is 4.14. The first-order valence-electron chi connectivity index (χ1n) is 6.93. The topological polar surface area (TPSA) is 45.1 Å². The number of nitrogens with one attached hydrogen (secondary N) is 1. The SMILES string of the molecule is CCC(CC)(CO)CNc1nccc2ccccc12. The molecule has 0 aliphatic heterocycles. The van der Waals surface area contributed by atoms with Crippen LogP contribution < -0.4 is 5.32 Å². The Hall–Kier alpha value is -1.61. The Morgan fingerprint density at radius 2 is 1.89 bits per heavy atom. The zero-order valence-corrected chi connectivity index (χ0v) is 11.7. The van der Waals surface area contributed by atoms with E-state index in [9.17, 15) is 5.11 Å². The molecule has 3 heteroatoms. The molecule has 2 aromatic rings. The molecule has 0 spiro atoms. The maximum absolute atomic E-state index is 9.61. The van der Waals surface area contributed by atoms with Crippen LogP contribution in [0.25, 0.3) is 10.8 Å². The highest BCUT2D eigenvalue weighted by Gasteiger charge is 2.25. The zero-order valence-electron chi connectivity index (χ0n) is 11.7. The first-order chi connectivity index (χ1) is 9.24. The first kappa shape index (κ1) is 13.8. The minimum atomic E-state index is -0.0569. The number of aliphatic hydroxyl groups excluding tert-OH is 1. The number of pyridine rings is 1. The largest absolute Gasteiger partial charge is 0.396 e. The summed E-state index contributed by atoms with van der Waals surface area (Å²) in [5.41, 5.74) is -0.0569. The molecule has 102 valence electrons. The molecule has 1 heterocycles. The predicted molar refractivity (Wildman–Crippen MR) is 80.3 cm³/mol. The molecule has 3 nitrogen and oxygen atoms in total. The lowest BCUT2D eigenvalue weighted by molar-refractivity contribution is 0.127. The van der Waals surface area contributed by atoms with Gasteiger partial charge in [0, 0.05) is 23.5 Å². The van der Waals surface area contributed by atoms with E-state index in [0.717, 1.165) is 30.6 Å². The monoisotopic (exact) mass is 258 g/mol. The van der Waals surface area contributed by atoms with Crippen molar-refractivity contribution >= 4 is 16.6 Å². The van der Waals surface area contributed by atoms with Crippen molar-refractivity contribution in [3.05, 3.63) is 36.5 Å². The van der Waals surface area contributed by atoms with E-state index in [4.69, 9.17) is 0 Å². The van der Waals surface area contributed by atoms with Crippen molar-refractivity contribution in [2.45, 2.75) is 26.7 Å². The molecule has 0 fully saturated rings. The van der Waals surface area contributed by atoms with Crippen LogP contribution in [-0.2, 0) is 0 Å². The summed E-state index contributed by atoms with van der Waals surface area (Å²) in [7, 11) is 0. The molecular formula is C16H22N2O. The van der Waals surface area contributed by atoms with E-state index < -0.39 is 0 Å². The molecule has 0 aliphatic rings. The van der Waals surface area contributed by atoms with Gasteiger partial charge in [0.1, 0.15) is 5.82 Å². The van der Waals surface area contributed by atoms with Gasteiger partial charge in [0.25, 0.3) is 0 Å². The van der Waals surface area contributed by atoms with Gasteiger partial charge >= 0.3 is 0 Å². The highest BCUT2D eigenvalue weighted by Crippen LogP contribution is 2.27. The molecule has 0 saturated heterocycles. The van der Waals surface area contributed by atoms with Crippen LogP contribution in [0.5, 0.6) is 0 Å². The lowest BCUT2D eigenvalue weighted by Crippen LogP contribution is -2.32. The molecule has 0 radical (unpaired) electrons. The number of anilines is 1. The van der Waals surface area contributed by atoms with E-state index in [0.29, 0.717) is 0 Å². The van der Waals surface area contributed by atoms with Crippen molar-refractivity contribution in [1.29, 1.82) is 0 Å². The Morgan fingerprint density at radius 3 is 2.58 bits per heavy atom. The second-order valence-corrected chi connectivity index (χ2v) is 5.10. The Bertz CT molecular complexity index is 522. The van der Waals surface area contributed by atoms with Crippen LogP contribution in [0, 0.1) is 5.41 Å². The van der Waals surface area contributed by atoms with Crippen LogP contribution in [0.3, 0.4) is 0 Å². The molecule has 0 atom stereocenters. The molecule has 1 aromatic heterocycles. The molecule has 1 aromatic carbocycles. The van der Waals surface area contributed by atoms with Gasteiger partial charge < -0.3 is 10.4 Å². The Balaban J connectivity index is 2.22. The summed E-state index contributed by atoms with van der Waals surface area (Å²) in [6.45, 7) is 5.20. The van der Waals surface area contributed by atoms with Crippen molar-refractivity contribution in [3.8, 4) is 0 Å². The van der Waals surface area contributed by atoms with Crippen molar-refractivity contribution in [1.82, 2.24) is 4.98 Å². The van der Waals surface area contributed by atoms with Gasteiger partial charge in [0.15, 0.2) is 0 Å². The smallest absolute Gasteiger partial charge is 0.133 e. The summed E-state index contributed by atoms with van der Waals surface area (Å²) in [5, 5.41) is 15.3. The number of fused-ring (bicyclic) bond motifs is 1. The van der Waals surface area contributed by atoms with Gasteiger partial charge in [-0.15, -0.1) is 0 Å². The van der Waals surface area contributed by atoms with Gasteiger partial charge in [-0.3, -0.25) is 0 Å². The lowest BCUT2D eigenvalue weighted by atomic mass is 9.83. The fourth-order valence-electron chi connectivity index (χ4n) is 2.31. The summed E-state index contributed by atoms with van der Waals surface area (Å²) in [6.07, 6.45) is 3.73. The van der Waals surface area contributed by atoms with E-state index in [1.54, 1.807) is 0 Å². The van der Waals surface area contributed by atoms with Crippen molar-refractivity contribution < 1.29 is 5.11 Å². The van der Waals surface area contributed by atoms with Gasteiger partial charge in [-0.05, 0) is 24.3 Å². The number of nitrogens with zero attached hydrogens (tertiary/aromatic N) is 1. The molecule has 0 amide bonds. The number of hydrogen-bond acceptors (Lipinski definition) is 3. The summed E-state index contributed by atoms with van der Waals surface area (Å²) in [5.74, 6) is 0.901. The molecule has 0 bridgehead atoms. The standard InChI is InChI=1S/C16H22N2O/c1-3-16(4-2,12-19)11-18-15-14-8-6-5-7-13(14)9-10-17-15/h5-10,19H,3-4,11-12H2,1-2H3,(H,17,18). The Morgan fingerprint density at radius 1 is 1.16 bits per heavy atom. The fraction of sp³-hybridized carbons (Fsp3) is 0.438. The Labute approximate surface area is 114 Å². The van der Waals surface area contributed by atoms with E-state index in [2.05, 4.69) is 36.3 Å². The molecular weight excluding hydrogens is 236 g/mol. The van der Waals surface area contributed by atoms with Crippen LogP contribution in [0.15, 0.2) is 36.5 Å². The minimum Gasteiger partial charge on any atom is -0.396 e. The maximum atomic E-state index is 9.61. The van der Waals surface area contributed by atoms with E-state index in [-0.39, 0.29) is 12.0 Å². The lowest BCUT2D eigenvalue weighted by Gasteiger charge is -2.29. The van der Waals surface area contributed by atoms with Gasteiger partial charge in [0.2, 0.25) is 0 Å². The number of aliphatic hydroxyl groups is 1. The van der Waals surface area contributed by atoms with Crippen LogP contribution in [-0.4, -0.2) is 23.2 Å². The average Bonchev–Trinajstić information content (AvgIpc) is 2.49. The van der Waals surface area contributed by atoms with E-state index in [1.165, 1.54) is 5.39 Å². The molecule has 0 saturated carbocycles. The fourth-order valence-corrected chi connectivity index (χ4v) is 2.31. The molecule has 19 heavy (non-hydrogen) atoms. The Kier molecular flexibility index (Phi) is 4.38. The summed E-state index contributed by atoms with van der Waals surface area (Å²) < 4.78 is 0. The number of aromatic nitrogens is 1. The molecule has 2 rings (SSSR count). The first-order valence-corrected chi connectivity index (χ1v) is 6.93. The van der Waals surface area contributed by atoms with Crippen molar-refractivity contribution in [2.24, 2.45) is 5.41 Å². The summed E-state index contributed by atoms with van der Waals surface area (Å²) in [6, 6.07) is 10.2. The quantitative estimate of drug-likeness (QED) is 0.834. The van der Waals surface area contributed by atoms with Crippen molar-refractivity contribution in [2.75, 3.05) is 18.5 Å². The van der Waals surface area contributed by atoms with Crippen molar-refractivity contribution in [3.63, 3.8) is 0 Å². The molecule has 0 unspecified atom stereocenters. The van der Waals surface area contributed by atoms with Gasteiger partial charge in [0.05, 0.1) is 6.61 Å². The normalized spacial score (nSPS) is 11.7. The zero-order chi connectivity index (χ0) is 13.7. The van der Waals surface area contributed by atoms with Crippen LogP contribution in [0.2, 0.25) is 0 Å². The maximum Gasteiger partial charge on any atom is 0.133 e. The minimum absolute atomic E-state index is 0.0569. The van der Waals surface area contributed by atoms with Crippen LogP contribution in [0.1, 0.15) is 26.7 Å². The van der Waals surface area contributed by atoms with E-state index in [1.807, 2.05) is 24.4 Å². The summed E-state index contributed by atoms with van der Waals surface area (Å²) in [4.78, 5) is 4.42. The second-order valence-electron chi connectivity index (χ2n) is 5.10. The van der Waals surface area contributed by atoms with Crippen LogP contribution in [0.4, 0.5) is 5.82 Å². The van der Waals surface area contributed by atoms with Gasteiger partial charge in [-0.25, -0.2) is 4.98 Å². The third kappa shape index (κ3) is 2.87. The second kappa shape index (κ2) is 6.02. The number of hydrogen-bond donors (Lipinski definition) is 2. The van der Waals surface area contributed by atoms with Gasteiger partial charge in [-0.2, -0.15) is 0 Å². The summed E-state index contributed by atoms with van der Waals surface area (Å²) >= 11 is 0. The predicted octanol–water partition coefficient (Wildman–Crippen LogP) is 3.45. The van der Waals surface area contributed by atoms with Crippen LogP contribution >= 0.6 is 0 Å². The van der Waals surface area contributed by atoms with E-state index >= 15 is 0 Å². The number of rotatable bonds is 6. The number of benzene rings is 1.